The van der Waals surface area contributed by atoms with E-state index >= 15 is 0 Å². The van der Waals surface area contributed by atoms with Crippen molar-refractivity contribution in [3.05, 3.63) is 53.7 Å². The molecule has 0 atom stereocenters. The van der Waals surface area contributed by atoms with E-state index in [-0.39, 0.29) is 6.61 Å². The maximum atomic E-state index is 8.90. The topological polar surface area (TPSA) is 33.1 Å². The Hall–Kier alpha value is -1.32. The van der Waals surface area contributed by atoms with Crippen LogP contribution in [0, 0.1) is 6.92 Å². The van der Waals surface area contributed by atoms with Crippen LogP contribution in [0.1, 0.15) is 11.1 Å². The molecule has 0 bridgehead atoms. The van der Waals surface area contributed by atoms with Crippen molar-refractivity contribution in [3.8, 4) is 0 Å². The lowest BCUT2D eigenvalue weighted by Gasteiger charge is -2.02. The fraction of sp³-hybridized carbons (Fsp3) is 0.154. The minimum absolute atomic E-state index is 0.0441. The first kappa shape index (κ1) is 11.2. The van der Waals surface area contributed by atoms with Gasteiger partial charge in [-0.3, -0.25) is 0 Å². The number of hydrogen-bond donors (Lipinski definition) is 1. The highest BCUT2D eigenvalue weighted by molar-refractivity contribution is 7.99. The van der Waals surface area contributed by atoms with Gasteiger partial charge < -0.3 is 5.11 Å². The van der Waals surface area contributed by atoms with Crippen LogP contribution in [0.4, 0.5) is 0 Å². The van der Waals surface area contributed by atoms with Crippen LogP contribution in [0.15, 0.2) is 52.5 Å². The van der Waals surface area contributed by atoms with Gasteiger partial charge in [0.1, 0.15) is 5.03 Å². The number of aliphatic hydroxyl groups excluding tert-OH is 1. The second-order valence-corrected chi connectivity index (χ2v) is 4.67. The zero-order valence-electron chi connectivity index (χ0n) is 9.05. The lowest BCUT2D eigenvalue weighted by atomic mass is 10.2. The molecule has 3 heteroatoms. The van der Waals surface area contributed by atoms with Gasteiger partial charge in [-0.15, -0.1) is 0 Å². The number of rotatable bonds is 3. The quantitative estimate of drug-likeness (QED) is 0.881. The summed E-state index contributed by atoms with van der Waals surface area (Å²) < 4.78 is 0. The molecule has 1 heterocycles. The van der Waals surface area contributed by atoms with Gasteiger partial charge in [0.15, 0.2) is 0 Å². The molecule has 0 aliphatic rings. The minimum Gasteiger partial charge on any atom is -0.392 e. The summed E-state index contributed by atoms with van der Waals surface area (Å²) >= 11 is 1.62. The van der Waals surface area contributed by atoms with E-state index in [4.69, 9.17) is 5.11 Å². The van der Waals surface area contributed by atoms with E-state index < -0.39 is 0 Å². The monoisotopic (exact) mass is 231 g/mol. The summed E-state index contributed by atoms with van der Waals surface area (Å²) in [7, 11) is 0. The van der Waals surface area contributed by atoms with E-state index in [2.05, 4.69) is 36.2 Å². The van der Waals surface area contributed by atoms with Crippen LogP contribution >= 0.6 is 11.8 Å². The third-order valence-electron chi connectivity index (χ3n) is 2.22. The summed E-state index contributed by atoms with van der Waals surface area (Å²) in [5.74, 6) is 0. The summed E-state index contributed by atoms with van der Waals surface area (Å²) in [5.41, 5.74) is 2.10. The molecule has 0 aliphatic carbocycles. The Kier molecular flexibility index (Phi) is 3.59. The smallest absolute Gasteiger partial charge is 0.101 e. The summed E-state index contributed by atoms with van der Waals surface area (Å²) in [5, 5.41) is 9.85. The van der Waals surface area contributed by atoms with Crippen molar-refractivity contribution in [1.29, 1.82) is 0 Å². The number of pyridine rings is 1. The molecule has 2 aromatic rings. The average molecular weight is 231 g/mol. The number of aliphatic hydroxyl groups is 1. The van der Waals surface area contributed by atoms with E-state index in [1.807, 2.05) is 12.1 Å². The Morgan fingerprint density at radius 1 is 1.12 bits per heavy atom. The zero-order valence-corrected chi connectivity index (χ0v) is 9.87. The highest BCUT2D eigenvalue weighted by Gasteiger charge is 1.98. The highest BCUT2D eigenvalue weighted by atomic mass is 32.2. The van der Waals surface area contributed by atoms with Crippen molar-refractivity contribution in [2.24, 2.45) is 0 Å². The normalized spacial score (nSPS) is 10.4. The first-order valence-corrected chi connectivity index (χ1v) is 5.90. The second kappa shape index (κ2) is 5.14. The van der Waals surface area contributed by atoms with Crippen molar-refractivity contribution in [2.45, 2.75) is 23.5 Å². The number of benzene rings is 1. The molecular formula is C13H13NOS. The van der Waals surface area contributed by atoms with Gasteiger partial charge in [0.2, 0.25) is 0 Å². The molecule has 2 nitrogen and oxygen atoms in total. The number of aromatic nitrogens is 1. The highest BCUT2D eigenvalue weighted by Crippen LogP contribution is 2.25. The fourth-order valence-corrected chi connectivity index (χ4v) is 2.05. The molecule has 0 amide bonds. The van der Waals surface area contributed by atoms with Crippen molar-refractivity contribution < 1.29 is 5.11 Å². The van der Waals surface area contributed by atoms with Gasteiger partial charge >= 0.3 is 0 Å². The second-order valence-electron chi connectivity index (χ2n) is 3.58. The van der Waals surface area contributed by atoms with Gasteiger partial charge in [-0.1, -0.05) is 35.5 Å². The van der Waals surface area contributed by atoms with Crippen LogP contribution in [0.25, 0.3) is 0 Å². The number of hydrogen-bond acceptors (Lipinski definition) is 3. The molecule has 1 N–H and O–H groups in total. The predicted octanol–water partition coefficient (Wildman–Crippen LogP) is 3.03. The van der Waals surface area contributed by atoms with Gasteiger partial charge in [-0.05, 0) is 30.7 Å². The van der Waals surface area contributed by atoms with Crippen molar-refractivity contribution in [1.82, 2.24) is 4.98 Å². The van der Waals surface area contributed by atoms with Crippen LogP contribution in [-0.4, -0.2) is 10.1 Å². The molecule has 0 unspecified atom stereocenters. The molecule has 0 radical (unpaired) electrons. The Bertz CT molecular complexity index is 450. The number of aryl methyl sites for hydroxylation is 1. The van der Waals surface area contributed by atoms with Crippen LogP contribution < -0.4 is 0 Å². The van der Waals surface area contributed by atoms with E-state index in [9.17, 15) is 0 Å². The van der Waals surface area contributed by atoms with Gasteiger partial charge in [0.05, 0.1) is 6.61 Å². The Labute approximate surface area is 99.4 Å². The summed E-state index contributed by atoms with van der Waals surface area (Å²) in [4.78, 5) is 5.45. The molecular weight excluding hydrogens is 218 g/mol. The zero-order chi connectivity index (χ0) is 11.4. The first-order chi connectivity index (χ1) is 7.78. The van der Waals surface area contributed by atoms with Crippen LogP contribution in [-0.2, 0) is 6.61 Å². The van der Waals surface area contributed by atoms with Crippen molar-refractivity contribution in [2.75, 3.05) is 0 Å². The Morgan fingerprint density at radius 2 is 1.88 bits per heavy atom. The Morgan fingerprint density at radius 3 is 2.44 bits per heavy atom. The summed E-state index contributed by atoms with van der Waals surface area (Å²) in [6.07, 6.45) is 1.70. The lowest BCUT2D eigenvalue weighted by molar-refractivity contribution is 0.281. The largest absolute Gasteiger partial charge is 0.392 e. The standard InChI is InChI=1S/C13H13NOS/c1-10-2-5-12(6-3-10)16-13-7-4-11(9-15)8-14-13/h2-8,15H,9H2,1H3. The third kappa shape index (κ3) is 2.84. The van der Waals surface area contributed by atoms with Crippen molar-refractivity contribution in [3.63, 3.8) is 0 Å². The first-order valence-electron chi connectivity index (χ1n) is 5.08. The van der Waals surface area contributed by atoms with Gasteiger partial charge in [-0.25, -0.2) is 4.98 Å². The molecule has 2 rings (SSSR count). The molecule has 16 heavy (non-hydrogen) atoms. The molecule has 0 saturated carbocycles. The maximum Gasteiger partial charge on any atom is 0.101 e. The van der Waals surface area contributed by atoms with Gasteiger partial charge in [-0.2, -0.15) is 0 Å². The molecule has 1 aromatic carbocycles. The van der Waals surface area contributed by atoms with E-state index in [1.54, 1.807) is 18.0 Å². The molecule has 82 valence electrons. The molecule has 0 spiro atoms. The maximum absolute atomic E-state index is 8.90. The van der Waals surface area contributed by atoms with E-state index in [0.29, 0.717) is 0 Å². The molecule has 0 aliphatic heterocycles. The molecule has 0 saturated heterocycles. The predicted molar refractivity (Wildman–Crippen MR) is 65.5 cm³/mol. The Balaban J connectivity index is 2.11. The van der Waals surface area contributed by atoms with Crippen LogP contribution in [0.5, 0.6) is 0 Å². The summed E-state index contributed by atoms with van der Waals surface area (Å²) in [6.45, 7) is 2.12. The molecule has 1 aromatic heterocycles. The molecule has 0 fully saturated rings. The fourth-order valence-electron chi connectivity index (χ4n) is 1.29. The van der Waals surface area contributed by atoms with E-state index in [0.717, 1.165) is 10.6 Å². The number of nitrogens with zero attached hydrogens (tertiary/aromatic N) is 1. The van der Waals surface area contributed by atoms with Crippen LogP contribution in [0.2, 0.25) is 0 Å². The summed E-state index contributed by atoms with van der Waals surface area (Å²) in [6, 6.07) is 12.2. The van der Waals surface area contributed by atoms with Crippen LogP contribution in [0.3, 0.4) is 0 Å². The van der Waals surface area contributed by atoms with Gasteiger partial charge in [0, 0.05) is 11.1 Å². The SMILES string of the molecule is Cc1ccc(Sc2ccc(CO)cn2)cc1. The van der Waals surface area contributed by atoms with Crippen molar-refractivity contribution >= 4 is 11.8 Å². The minimum atomic E-state index is 0.0441. The van der Waals surface area contributed by atoms with E-state index in [1.165, 1.54) is 10.5 Å². The average Bonchev–Trinajstić information content (AvgIpc) is 2.33. The third-order valence-corrected chi connectivity index (χ3v) is 3.18. The lowest BCUT2D eigenvalue weighted by Crippen LogP contribution is -1.86. The van der Waals surface area contributed by atoms with Gasteiger partial charge in [0.25, 0.3) is 0 Å².